The quantitative estimate of drug-likeness (QED) is 0.609. The van der Waals surface area contributed by atoms with Crippen molar-refractivity contribution in [2.24, 2.45) is 0 Å². The summed E-state index contributed by atoms with van der Waals surface area (Å²) >= 11 is 0. The van der Waals surface area contributed by atoms with E-state index < -0.39 is 0 Å². The number of ether oxygens (including phenoxy) is 2. The lowest BCUT2D eigenvalue weighted by Gasteiger charge is -2.20. The largest absolute Gasteiger partial charge is 0.454 e. The molecular formula is C23H21N3O4. The zero-order valence-electron chi connectivity index (χ0n) is 16.6. The Hall–Kier alpha value is -3.61. The molecule has 1 unspecified atom stereocenters. The molecule has 1 fully saturated rings. The van der Waals surface area contributed by atoms with E-state index in [4.69, 9.17) is 14.0 Å². The summed E-state index contributed by atoms with van der Waals surface area (Å²) in [7, 11) is 0. The molecule has 7 heteroatoms. The van der Waals surface area contributed by atoms with Gasteiger partial charge in [-0.15, -0.1) is 0 Å². The average molecular weight is 403 g/mol. The first-order valence-electron chi connectivity index (χ1n) is 9.96. The summed E-state index contributed by atoms with van der Waals surface area (Å²) < 4.78 is 16.2. The van der Waals surface area contributed by atoms with E-state index in [2.05, 4.69) is 10.1 Å². The summed E-state index contributed by atoms with van der Waals surface area (Å²) in [5, 5.41) is 4.12. The molecule has 2 aromatic carbocycles. The summed E-state index contributed by atoms with van der Waals surface area (Å²) in [6.07, 6.45) is 5.06. The second-order valence-corrected chi connectivity index (χ2v) is 7.46. The van der Waals surface area contributed by atoms with Crippen molar-refractivity contribution in [3.05, 3.63) is 65.6 Å². The molecule has 3 heterocycles. The van der Waals surface area contributed by atoms with Gasteiger partial charge in [0, 0.05) is 18.2 Å². The fraction of sp³-hybridized carbons (Fsp3) is 0.261. The molecule has 0 bridgehead atoms. The van der Waals surface area contributed by atoms with Crippen LogP contribution in [-0.4, -0.2) is 34.3 Å². The molecule has 7 nitrogen and oxygen atoms in total. The number of likely N-dealkylation sites (tertiary alicyclic amines) is 1. The van der Waals surface area contributed by atoms with E-state index >= 15 is 0 Å². The van der Waals surface area contributed by atoms with Crippen molar-refractivity contribution in [3.63, 3.8) is 0 Å². The van der Waals surface area contributed by atoms with Crippen LogP contribution in [0.2, 0.25) is 0 Å². The normalized spacial score (nSPS) is 17.8. The lowest BCUT2D eigenvalue weighted by atomic mass is 10.1. The van der Waals surface area contributed by atoms with Crippen LogP contribution in [-0.2, 0) is 4.79 Å². The number of aromatic nitrogens is 2. The predicted octanol–water partition coefficient (Wildman–Crippen LogP) is 4.15. The zero-order valence-corrected chi connectivity index (χ0v) is 16.6. The van der Waals surface area contributed by atoms with Crippen LogP contribution < -0.4 is 9.47 Å². The van der Waals surface area contributed by atoms with E-state index in [0.717, 1.165) is 35.3 Å². The maximum absolute atomic E-state index is 12.9. The standard InChI is InChI=1S/C23H21N3O4/c1-15-4-2-5-17(12-15)22-24-23(30-25-22)18-6-3-11-26(18)21(27)10-8-16-7-9-19-20(13-16)29-14-28-19/h2,4-5,7-10,12-13,18H,3,6,11,14H2,1H3/b10-8+. The van der Waals surface area contributed by atoms with Crippen molar-refractivity contribution in [3.8, 4) is 22.9 Å². The number of rotatable bonds is 4. The number of fused-ring (bicyclic) bond motifs is 1. The smallest absolute Gasteiger partial charge is 0.249 e. The molecule has 1 saturated heterocycles. The molecule has 0 spiro atoms. The van der Waals surface area contributed by atoms with Crippen LogP contribution in [0.15, 0.2) is 53.1 Å². The monoisotopic (exact) mass is 403 g/mol. The first-order valence-corrected chi connectivity index (χ1v) is 9.96. The van der Waals surface area contributed by atoms with Crippen LogP contribution in [0.4, 0.5) is 0 Å². The van der Waals surface area contributed by atoms with Gasteiger partial charge in [0.2, 0.25) is 24.4 Å². The molecular weight excluding hydrogens is 382 g/mol. The summed E-state index contributed by atoms with van der Waals surface area (Å²) in [6.45, 7) is 2.91. The lowest BCUT2D eigenvalue weighted by Crippen LogP contribution is -2.29. The van der Waals surface area contributed by atoms with Crippen molar-refractivity contribution in [2.45, 2.75) is 25.8 Å². The molecule has 2 aliphatic heterocycles. The Morgan fingerprint density at radius 1 is 1.17 bits per heavy atom. The summed E-state index contributed by atoms with van der Waals surface area (Å²) in [5.74, 6) is 2.36. The molecule has 0 saturated carbocycles. The van der Waals surface area contributed by atoms with Gasteiger partial charge in [-0.2, -0.15) is 4.98 Å². The molecule has 0 aliphatic carbocycles. The zero-order chi connectivity index (χ0) is 20.5. The summed E-state index contributed by atoms with van der Waals surface area (Å²) in [4.78, 5) is 19.2. The van der Waals surface area contributed by atoms with Crippen molar-refractivity contribution < 1.29 is 18.8 Å². The molecule has 3 aromatic rings. The van der Waals surface area contributed by atoms with Gasteiger partial charge in [-0.05, 0) is 49.6 Å². The second-order valence-electron chi connectivity index (χ2n) is 7.46. The Labute approximate surface area is 173 Å². The second kappa shape index (κ2) is 7.67. The SMILES string of the molecule is Cc1cccc(-c2noc(C3CCCN3C(=O)/C=C/c3ccc4c(c3)OCO4)n2)c1. The van der Waals surface area contributed by atoms with Gasteiger partial charge < -0.3 is 18.9 Å². The molecule has 152 valence electrons. The minimum absolute atomic E-state index is 0.0783. The van der Waals surface area contributed by atoms with Gasteiger partial charge in [-0.1, -0.05) is 35.0 Å². The van der Waals surface area contributed by atoms with Gasteiger partial charge in [0.15, 0.2) is 11.5 Å². The van der Waals surface area contributed by atoms with Crippen LogP contribution in [0.5, 0.6) is 11.5 Å². The van der Waals surface area contributed by atoms with E-state index in [9.17, 15) is 4.79 Å². The topological polar surface area (TPSA) is 77.7 Å². The number of hydrogen-bond acceptors (Lipinski definition) is 6. The highest BCUT2D eigenvalue weighted by Crippen LogP contribution is 2.34. The molecule has 1 atom stereocenters. The average Bonchev–Trinajstić information content (AvgIpc) is 3.51. The van der Waals surface area contributed by atoms with Crippen LogP contribution in [0.1, 0.15) is 35.9 Å². The minimum Gasteiger partial charge on any atom is -0.454 e. The first kappa shape index (κ1) is 18.4. The van der Waals surface area contributed by atoms with Gasteiger partial charge >= 0.3 is 0 Å². The van der Waals surface area contributed by atoms with Gasteiger partial charge in [0.05, 0.1) is 0 Å². The van der Waals surface area contributed by atoms with Crippen molar-refractivity contribution in [1.29, 1.82) is 0 Å². The highest BCUT2D eigenvalue weighted by Gasteiger charge is 2.33. The summed E-state index contributed by atoms with van der Waals surface area (Å²) in [5.41, 5.74) is 2.91. The minimum atomic E-state index is -0.204. The van der Waals surface area contributed by atoms with Crippen LogP contribution >= 0.6 is 0 Å². The fourth-order valence-corrected chi connectivity index (χ4v) is 3.84. The molecule has 0 N–H and O–H groups in total. The maximum Gasteiger partial charge on any atom is 0.249 e. The Bertz CT molecular complexity index is 1120. The Morgan fingerprint density at radius 3 is 2.97 bits per heavy atom. The Kier molecular flexibility index (Phi) is 4.71. The van der Waals surface area contributed by atoms with Gasteiger partial charge in [0.25, 0.3) is 0 Å². The molecule has 2 aliphatic rings. The molecule has 1 amide bonds. The molecule has 5 rings (SSSR count). The number of nitrogens with zero attached hydrogens (tertiary/aromatic N) is 3. The lowest BCUT2D eigenvalue weighted by molar-refractivity contribution is -0.127. The van der Waals surface area contributed by atoms with Crippen LogP contribution in [0.25, 0.3) is 17.5 Å². The first-order chi connectivity index (χ1) is 14.7. The van der Waals surface area contributed by atoms with Crippen molar-refractivity contribution in [2.75, 3.05) is 13.3 Å². The molecule has 0 radical (unpaired) electrons. The van der Waals surface area contributed by atoms with E-state index in [1.165, 1.54) is 0 Å². The van der Waals surface area contributed by atoms with E-state index in [0.29, 0.717) is 24.0 Å². The number of carbonyl (C=O) groups excluding carboxylic acids is 1. The van der Waals surface area contributed by atoms with Gasteiger partial charge in [0.1, 0.15) is 6.04 Å². The Morgan fingerprint density at radius 2 is 2.07 bits per heavy atom. The highest BCUT2D eigenvalue weighted by molar-refractivity contribution is 5.92. The van der Waals surface area contributed by atoms with E-state index in [-0.39, 0.29) is 18.7 Å². The van der Waals surface area contributed by atoms with Crippen LogP contribution in [0, 0.1) is 6.92 Å². The predicted molar refractivity (Wildman–Crippen MR) is 110 cm³/mol. The number of carbonyl (C=O) groups is 1. The van der Waals surface area contributed by atoms with E-state index in [1.807, 2.05) is 49.4 Å². The third kappa shape index (κ3) is 3.54. The van der Waals surface area contributed by atoms with Crippen molar-refractivity contribution in [1.82, 2.24) is 15.0 Å². The third-order valence-corrected chi connectivity index (χ3v) is 5.35. The molecule has 1 aromatic heterocycles. The van der Waals surface area contributed by atoms with Gasteiger partial charge in [-0.3, -0.25) is 4.79 Å². The third-order valence-electron chi connectivity index (χ3n) is 5.35. The summed E-state index contributed by atoms with van der Waals surface area (Å²) in [6, 6.07) is 13.3. The van der Waals surface area contributed by atoms with Gasteiger partial charge in [-0.25, -0.2) is 0 Å². The number of aryl methyl sites for hydroxylation is 1. The fourth-order valence-electron chi connectivity index (χ4n) is 3.84. The molecule has 30 heavy (non-hydrogen) atoms. The number of hydrogen-bond donors (Lipinski definition) is 0. The Balaban J connectivity index is 1.32. The van der Waals surface area contributed by atoms with Crippen molar-refractivity contribution >= 4 is 12.0 Å². The number of amides is 1. The maximum atomic E-state index is 12.9. The number of benzene rings is 2. The highest BCUT2D eigenvalue weighted by atomic mass is 16.7. The van der Waals surface area contributed by atoms with E-state index in [1.54, 1.807) is 17.1 Å². The van der Waals surface area contributed by atoms with Crippen LogP contribution in [0.3, 0.4) is 0 Å².